The molecule has 3 heteroatoms. The van der Waals surface area contributed by atoms with Crippen LogP contribution in [0.15, 0.2) is 212 Å². The fourth-order valence-electron chi connectivity index (χ4n) is 8.91. The molecule has 270 valence electrons. The van der Waals surface area contributed by atoms with Crippen molar-refractivity contribution in [2.75, 3.05) is 0 Å². The van der Waals surface area contributed by atoms with Gasteiger partial charge in [0.1, 0.15) is 0 Å². The Kier molecular flexibility index (Phi) is 7.88. The zero-order valence-corrected chi connectivity index (χ0v) is 31.5. The van der Waals surface area contributed by atoms with Crippen molar-refractivity contribution in [1.29, 1.82) is 5.26 Å². The van der Waals surface area contributed by atoms with Crippen LogP contribution >= 0.6 is 0 Å². The van der Waals surface area contributed by atoms with Gasteiger partial charge in [-0.05, 0) is 100 Å². The highest BCUT2D eigenvalue weighted by molar-refractivity contribution is 6.12. The normalized spacial score (nSPS) is 11.4. The van der Waals surface area contributed by atoms with E-state index in [1.807, 2.05) is 12.1 Å². The lowest BCUT2D eigenvalue weighted by Crippen LogP contribution is -1.99. The minimum atomic E-state index is 0.613. The van der Waals surface area contributed by atoms with Crippen LogP contribution in [0.4, 0.5) is 0 Å². The van der Waals surface area contributed by atoms with E-state index in [9.17, 15) is 5.26 Å². The van der Waals surface area contributed by atoms with Gasteiger partial charge in [0.25, 0.3) is 0 Å². The number of nitriles is 1. The summed E-state index contributed by atoms with van der Waals surface area (Å²) in [6.45, 7) is 0. The molecule has 58 heavy (non-hydrogen) atoms. The Balaban J connectivity index is 1.13. The summed E-state index contributed by atoms with van der Waals surface area (Å²) in [7, 11) is 0. The third-order valence-corrected chi connectivity index (χ3v) is 11.5. The van der Waals surface area contributed by atoms with Crippen molar-refractivity contribution in [3.8, 4) is 62.0 Å². The van der Waals surface area contributed by atoms with Crippen molar-refractivity contribution in [3.05, 3.63) is 218 Å². The van der Waals surface area contributed by atoms with Gasteiger partial charge in [0.15, 0.2) is 0 Å². The van der Waals surface area contributed by atoms with E-state index in [2.05, 4.69) is 215 Å². The van der Waals surface area contributed by atoms with Gasteiger partial charge in [0.05, 0.1) is 45.1 Å². The van der Waals surface area contributed by atoms with Gasteiger partial charge < -0.3 is 9.13 Å². The molecule has 11 rings (SSSR count). The Morgan fingerprint density at radius 1 is 0.293 bits per heavy atom. The molecule has 11 aromatic rings. The molecular weight excluding hydrogens is 703 g/mol. The standard InChI is InChI=1S/C55H35N3/c56-36-37-31-42(44-19-7-11-23-50(44)57-52-25-13-9-21-46(52)47-22-10-14-26-53(47)57)33-43(32-37)45-20-8-12-24-51(45)58-54-29-27-40(38-15-3-1-4-16-38)34-48(54)49-35-41(28-30-55(49)58)39-17-5-2-6-18-39/h1-35H. The third kappa shape index (κ3) is 5.43. The monoisotopic (exact) mass is 737 g/mol. The minimum absolute atomic E-state index is 0.613. The second-order valence-corrected chi connectivity index (χ2v) is 14.8. The number of benzene rings is 9. The molecule has 0 aliphatic rings. The summed E-state index contributed by atoms with van der Waals surface area (Å²) in [5.41, 5.74) is 16.1. The predicted octanol–water partition coefficient (Wildman–Crippen LogP) is 14.4. The highest BCUT2D eigenvalue weighted by Gasteiger charge is 2.20. The van der Waals surface area contributed by atoms with E-state index >= 15 is 0 Å². The first-order valence-corrected chi connectivity index (χ1v) is 19.7. The minimum Gasteiger partial charge on any atom is -0.309 e. The molecule has 9 aromatic carbocycles. The van der Waals surface area contributed by atoms with Gasteiger partial charge in [-0.1, -0.05) is 146 Å². The van der Waals surface area contributed by atoms with E-state index in [0.29, 0.717) is 5.56 Å². The first-order valence-electron chi connectivity index (χ1n) is 19.7. The van der Waals surface area contributed by atoms with Crippen LogP contribution < -0.4 is 0 Å². The molecule has 0 radical (unpaired) electrons. The summed E-state index contributed by atoms with van der Waals surface area (Å²) in [5, 5.41) is 15.3. The average Bonchev–Trinajstić information content (AvgIpc) is 3.81. The molecule has 0 aliphatic carbocycles. The Labute approximate surface area is 336 Å². The van der Waals surface area contributed by atoms with Crippen LogP contribution in [0.25, 0.3) is 99.5 Å². The van der Waals surface area contributed by atoms with Crippen LogP contribution in [0.5, 0.6) is 0 Å². The van der Waals surface area contributed by atoms with Crippen LogP contribution in [-0.2, 0) is 0 Å². The summed E-state index contributed by atoms with van der Waals surface area (Å²) in [4.78, 5) is 0. The van der Waals surface area contributed by atoms with Crippen LogP contribution in [0.3, 0.4) is 0 Å². The number of nitrogens with zero attached hydrogens (tertiary/aromatic N) is 3. The molecule has 2 aromatic heterocycles. The van der Waals surface area contributed by atoms with Crippen molar-refractivity contribution in [1.82, 2.24) is 9.13 Å². The average molecular weight is 738 g/mol. The maximum Gasteiger partial charge on any atom is 0.0992 e. The smallest absolute Gasteiger partial charge is 0.0992 e. The quantitative estimate of drug-likeness (QED) is 0.167. The third-order valence-electron chi connectivity index (χ3n) is 11.5. The summed E-state index contributed by atoms with van der Waals surface area (Å²) < 4.78 is 4.76. The van der Waals surface area contributed by atoms with Crippen molar-refractivity contribution in [2.45, 2.75) is 0 Å². The van der Waals surface area contributed by atoms with Crippen molar-refractivity contribution >= 4 is 43.6 Å². The molecule has 0 N–H and O–H groups in total. The van der Waals surface area contributed by atoms with Gasteiger partial charge in [-0.25, -0.2) is 0 Å². The lowest BCUT2D eigenvalue weighted by Gasteiger charge is -2.17. The first-order chi connectivity index (χ1) is 28.7. The SMILES string of the molecule is N#Cc1cc(-c2ccccc2-n2c3ccccc3c3ccccc32)cc(-c2ccccc2-n2c3ccc(-c4ccccc4)cc3c3cc(-c4ccccc4)ccc32)c1. The molecule has 0 bridgehead atoms. The second-order valence-electron chi connectivity index (χ2n) is 14.8. The Morgan fingerprint density at radius 2 is 0.690 bits per heavy atom. The molecule has 0 spiro atoms. The molecule has 0 amide bonds. The first kappa shape index (κ1) is 33.4. The maximum atomic E-state index is 10.5. The van der Waals surface area contributed by atoms with E-state index in [4.69, 9.17) is 0 Å². The Hall–Kier alpha value is -7.93. The number of hydrogen-bond donors (Lipinski definition) is 0. The topological polar surface area (TPSA) is 33.6 Å². The molecule has 0 saturated heterocycles. The Bertz CT molecular complexity index is 3250. The maximum absolute atomic E-state index is 10.5. The predicted molar refractivity (Wildman–Crippen MR) is 242 cm³/mol. The molecule has 2 heterocycles. The number of rotatable bonds is 6. The summed E-state index contributed by atoms with van der Waals surface area (Å²) >= 11 is 0. The number of hydrogen-bond acceptors (Lipinski definition) is 1. The molecule has 0 unspecified atom stereocenters. The number of para-hydroxylation sites is 4. The zero-order valence-electron chi connectivity index (χ0n) is 31.5. The molecule has 0 aliphatic heterocycles. The van der Waals surface area contributed by atoms with Crippen LogP contribution in [0.1, 0.15) is 5.56 Å². The lowest BCUT2D eigenvalue weighted by atomic mass is 9.94. The van der Waals surface area contributed by atoms with Gasteiger partial charge in [0, 0.05) is 32.7 Å². The zero-order chi connectivity index (χ0) is 38.6. The fourth-order valence-corrected chi connectivity index (χ4v) is 8.91. The summed E-state index contributed by atoms with van der Waals surface area (Å²) in [6.07, 6.45) is 0. The van der Waals surface area contributed by atoms with Gasteiger partial charge in [-0.2, -0.15) is 5.26 Å². The molecule has 0 fully saturated rings. The number of aromatic nitrogens is 2. The van der Waals surface area contributed by atoms with Gasteiger partial charge in [0.2, 0.25) is 0 Å². The van der Waals surface area contributed by atoms with E-state index < -0.39 is 0 Å². The van der Waals surface area contributed by atoms with Crippen LogP contribution in [0.2, 0.25) is 0 Å². The van der Waals surface area contributed by atoms with E-state index in [1.54, 1.807) is 0 Å². The lowest BCUT2D eigenvalue weighted by molar-refractivity contribution is 1.18. The van der Waals surface area contributed by atoms with Gasteiger partial charge >= 0.3 is 0 Å². The van der Waals surface area contributed by atoms with Crippen LogP contribution in [-0.4, -0.2) is 9.13 Å². The van der Waals surface area contributed by atoms with Gasteiger partial charge in [-0.3, -0.25) is 0 Å². The Morgan fingerprint density at radius 3 is 1.16 bits per heavy atom. The molecule has 0 saturated carbocycles. The largest absolute Gasteiger partial charge is 0.309 e. The van der Waals surface area contributed by atoms with E-state index in [0.717, 1.165) is 55.7 Å². The second kappa shape index (κ2) is 13.7. The molecule has 0 atom stereocenters. The van der Waals surface area contributed by atoms with E-state index in [1.165, 1.54) is 43.8 Å². The van der Waals surface area contributed by atoms with Crippen LogP contribution in [0, 0.1) is 11.3 Å². The van der Waals surface area contributed by atoms with Crippen molar-refractivity contribution < 1.29 is 0 Å². The number of fused-ring (bicyclic) bond motifs is 6. The van der Waals surface area contributed by atoms with Crippen molar-refractivity contribution in [2.24, 2.45) is 0 Å². The van der Waals surface area contributed by atoms with E-state index in [-0.39, 0.29) is 0 Å². The van der Waals surface area contributed by atoms with Crippen molar-refractivity contribution in [3.63, 3.8) is 0 Å². The fraction of sp³-hybridized carbons (Fsp3) is 0. The van der Waals surface area contributed by atoms with Gasteiger partial charge in [-0.15, -0.1) is 0 Å². The molecule has 3 nitrogen and oxygen atoms in total. The molecular formula is C55H35N3. The summed E-state index contributed by atoms with van der Waals surface area (Å²) in [5.74, 6) is 0. The highest BCUT2D eigenvalue weighted by Crippen LogP contribution is 2.42. The highest BCUT2D eigenvalue weighted by atomic mass is 15.0. The summed E-state index contributed by atoms with van der Waals surface area (Å²) in [6, 6.07) is 78.0.